The number of nitrogens with zero attached hydrogens (tertiary/aromatic N) is 4. The van der Waals surface area contributed by atoms with Crippen LogP contribution in [0.15, 0.2) is 52.3 Å². The maximum atomic E-state index is 12.4. The molecule has 1 saturated heterocycles. The van der Waals surface area contributed by atoms with E-state index in [-0.39, 0.29) is 29.9 Å². The van der Waals surface area contributed by atoms with Gasteiger partial charge < -0.3 is 24.3 Å². The quantitative estimate of drug-likeness (QED) is 0.284. The number of hydrogen-bond acceptors (Lipinski definition) is 5. The molecule has 1 aliphatic heterocycles. The number of nitrogens with one attached hydrogen (secondary N) is 1. The van der Waals surface area contributed by atoms with E-state index >= 15 is 0 Å². The lowest BCUT2D eigenvalue weighted by Crippen LogP contribution is -2.53. The van der Waals surface area contributed by atoms with Crippen molar-refractivity contribution in [2.45, 2.75) is 6.92 Å². The highest BCUT2D eigenvalue weighted by molar-refractivity contribution is 14.0. The Hall–Kier alpha value is -2.30. The third-order valence-corrected chi connectivity index (χ3v) is 4.19. The first-order valence-corrected chi connectivity index (χ1v) is 9.17. The van der Waals surface area contributed by atoms with Crippen LogP contribution >= 0.6 is 24.0 Å². The number of aromatic nitrogens is 1. The molecule has 152 valence electrons. The molecule has 0 aliphatic carbocycles. The monoisotopic (exact) mass is 499 g/mol. The summed E-state index contributed by atoms with van der Waals surface area (Å²) in [5.41, 5.74) is 0. The van der Waals surface area contributed by atoms with E-state index in [2.05, 4.69) is 20.2 Å². The molecule has 3 rings (SSSR count). The second-order valence-electron chi connectivity index (χ2n) is 6.03. The molecule has 0 spiro atoms. The number of furan rings is 1. The fourth-order valence-corrected chi connectivity index (χ4v) is 2.85. The second kappa shape index (κ2) is 11.5. The summed E-state index contributed by atoms with van der Waals surface area (Å²) in [5, 5.41) is 3.31. The molecule has 1 fully saturated rings. The Morgan fingerprint density at radius 3 is 2.68 bits per heavy atom. The van der Waals surface area contributed by atoms with E-state index in [0.717, 1.165) is 31.3 Å². The molecule has 2 aromatic rings. The van der Waals surface area contributed by atoms with Crippen LogP contribution in [-0.4, -0.2) is 72.5 Å². The molecule has 9 heteroatoms. The van der Waals surface area contributed by atoms with E-state index in [1.54, 1.807) is 24.5 Å². The van der Waals surface area contributed by atoms with Gasteiger partial charge in [-0.25, -0.2) is 4.99 Å². The number of halogens is 1. The Morgan fingerprint density at radius 2 is 2.04 bits per heavy atom. The fraction of sp³-hybridized carbons (Fsp3) is 0.421. The summed E-state index contributed by atoms with van der Waals surface area (Å²) in [5.74, 6) is 1.91. The number of ether oxygens (including phenoxy) is 1. The normalized spacial score (nSPS) is 14.4. The molecule has 0 saturated carbocycles. The van der Waals surface area contributed by atoms with Crippen LogP contribution in [-0.2, 0) is 0 Å². The van der Waals surface area contributed by atoms with Gasteiger partial charge in [-0.2, -0.15) is 0 Å². The maximum absolute atomic E-state index is 12.4. The van der Waals surface area contributed by atoms with Crippen LogP contribution in [0.5, 0.6) is 5.75 Å². The van der Waals surface area contributed by atoms with Crippen LogP contribution in [0, 0.1) is 0 Å². The highest BCUT2D eigenvalue weighted by Gasteiger charge is 2.25. The van der Waals surface area contributed by atoms with Crippen molar-refractivity contribution in [3.05, 3.63) is 48.7 Å². The average molecular weight is 499 g/mol. The number of guanidine groups is 1. The molecule has 1 aliphatic rings. The van der Waals surface area contributed by atoms with Crippen molar-refractivity contribution in [1.82, 2.24) is 20.1 Å². The smallest absolute Gasteiger partial charge is 0.289 e. The molecule has 3 heterocycles. The number of piperazine rings is 1. The first kappa shape index (κ1) is 22.0. The van der Waals surface area contributed by atoms with Crippen molar-refractivity contribution in [2.24, 2.45) is 4.99 Å². The summed E-state index contributed by atoms with van der Waals surface area (Å²) in [6, 6.07) is 7.14. The summed E-state index contributed by atoms with van der Waals surface area (Å²) >= 11 is 0. The van der Waals surface area contributed by atoms with Gasteiger partial charge in [0.1, 0.15) is 12.4 Å². The van der Waals surface area contributed by atoms with Gasteiger partial charge in [0.2, 0.25) is 0 Å². The number of hydrogen-bond donors (Lipinski definition) is 1. The highest BCUT2D eigenvalue weighted by atomic mass is 127. The van der Waals surface area contributed by atoms with E-state index in [4.69, 9.17) is 9.15 Å². The van der Waals surface area contributed by atoms with Gasteiger partial charge in [0.15, 0.2) is 11.7 Å². The number of rotatable bonds is 6. The first-order chi connectivity index (χ1) is 13.3. The molecule has 28 heavy (non-hydrogen) atoms. The molecule has 8 nitrogen and oxygen atoms in total. The van der Waals surface area contributed by atoms with Crippen molar-refractivity contribution in [3.63, 3.8) is 0 Å². The van der Waals surface area contributed by atoms with E-state index < -0.39 is 0 Å². The van der Waals surface area contributed by atoms with Crippen LogP contribution in [0.2, 0.25) is 0 Å². The number of carbonyl (C=O) groups is 1. The van der Waals surface area contributed by atoms with Gasteiger partial charge in [-0.3, -0.25) is 9.78 Å². The van der Waals surface area contributed by atoms with Crippen molar-refractivity contribution in [2.75, 3.05) is 45.9 Å². The third kappa shape index (κ3) is 6.11. The minimum atomic E-state index is -0.0635. The lowest BCUT2D eigenvalue weighted by atomic mass is 10.3. The lowest BCUT2D eigenvalue weighted by Gasteiger charge is -2.36. The van der Waals surface area contributed by atoms with Crippen LogP contribution < -0.4 is 10.1 Å². The number of pyridine rings is 1. The molecule has 1 N–H and O–H groups in total. The largest absolute Gasteiger partial charge is 0.490 e. The van der Waals surface area contributed by atoms with Crippen LogP contribution in [0.3, 0.4) is 0 Å². The molecule has 1 amide bonds. The van der Waals surface area contributed by atoms with Crippen molar-refractivity contribution < 1.29 is 13.9 Å². The summed E-state index contributed by atoms with van der Waals surface area (Å²) in [6.45, 7) is 6.57. The van der Waals surface area contributed by atoms with Gasteiger partial charge in [-0.15, -0.1) is 24.0 Å². The molecular formula is C19H26IN5O3. The number of amides is 1. The zero-order chi connectivity index (χ0) is 18.9. The Morgan fingerprint density at radius 1 is 1.25 bits per heavy atom. The predicted octanol–water partition coefficient (Wildman–Crippen LogP) is 2.09. The molecule has 0 radical (unpaired) electrons. The molecule has 0 aromatic carbocycles. The minimum Gasteiger partial charge on any atom is -0.490 e. The van der Waals surface area contributed by atoms with Gasteiger partial charge in [-0.05, 0) is 31.2 Å². The van der Waals surface area contributed by atoms with E-state index in [9.17, 15) is 4.79 Å². The number of carbonyl (C=O) groups excluding carboxylic acids is 1. The third-order valence-electron chi connectivity index (χ3n) is 4.19. The van der Waals surface area contributed by atoms with Crippen molar-refractivity contribution in [1.29, 1.82) is 0 Å². The van der Waals surface area contributed by atoms with Gasteiger partial charge in [0.05, 0.1) is 19.0 Å². The highest BCUT2D eigenvalue weighted by Crippen LogP contribution is 2.10. The standard InChI is InChI=1S/C19H25N5O3.HI/c1-2-21-19(22-8-14-26-16-5-3-7-20-15-16)24-11-9-23(10-12-24)18(25)17-6-4-13-27-17;/h3-7,13,15H,2,8-12,14H2,1H3,(H,21,22);1H. The lowest BCUT2D eigenvalue weighted by molar-refractivity contribution is 0.0657. The predicted molar refractivity (Wildman–Crippen MR) is 117 cm³/mol. The summed E-state index contributed by atoms with van der Waals surface area (Å²) in [6.07, 6.45) is 4.92. The molecule has 2 aromatic heterocycles. The van der Waals surface area contributed by atoms with Gasteiger partial charge in [-0.1, -0.05) is 0 Å². The second-order valence-corrected chi connectivity index (χ2v) is 6.03. The maximum Gasteiger partial charge on any atom is 0.289 e. The van der Waals surface area contributed by atoms with Crippen LogP contribution in [0.1, 0.15) is 17.5 Å². The SMILES string of the molecule is CCNC(=NCCOc1cccnc1)N1CCN(C(=O)c2ccco2)CC1.I. The zero-order valence-electron chi connectivity index (χ0n) is 15.9. The average Bonchev–Trinajstić information content (AvgIpc) is 3.26. The minimum absolute atomic E-state index is 0. The Labute approximate surface area is 182 Å². The Balaban J connectivity index is 0.00000280. The van der Waals surface area contributed by atoms with Crippen LogP contribution in [0.4, 0.5) is 0 Å². The Kier molecular flexibility index (Phi) is 9.05. The van der Waals surface area contributed by atoms with Crippen molar-refractivity contribution >= 4 is 35.8 Å². The first-order valence-electron chi connectivity index (χ1n) is 9.17. The number of aliphatic imine (C=N–C) groups is 1. The summed E-state index contributed by atoms with van der Waals surface area (Å²) in [7, 11) is 0. The van der Waals surface area contributed by atoms with Crippen molar-refractivity contribution in [3.8, 4) is 5.75 Å². The van der Waals surface area contributed by atoms with Crippen LogP contribution in [0.25, 0.3) is 0 Å². The Bertz CT molecular complexity index is 731. The van der Waals surface area contributed by atoms with E-state index in [1.807, 2.05) is 24.0 Å². The molecule has 0 atom stereocenters. The van der Waals surface area contributed by atoms with Gasteiger partial charge in [0, 0.05) is 38.9 Å². The van der Waals surface area contributed by atoms with E-state index in [0.29, 0.717) is 32.0 Å². The fourth-order valence-electron chi connectivity index (χ4n) is 2.85. The van der Waals surface area contributed by atoms with E-state index in [1.165, 1.54) is 6.26 Å². The molecule has 0 bridgehead atoms. The van der Waals surface area contributed by atoms with Gasteiger partial charge in [0.25, 0.3) is 5.91 Å². The molecule has 0 unspecified atom stereocenters. The summed E-state index contributed by atoms with van der Waals surface area (Å²) < 4.78 is 10.8. The zero-order valence-corrected chi connectivity index (χ0v) is 18.2. The summed E-state index contributed by atoms with van der Waals surface area (Å²) in [4.78, 5) is 25.0. The molecular weight excluding hydrogens is 473 g/mol. The topological polar surface area (TPSA) is 83.2 Å². The van der Waals surface area contributed by atoms with Gasteiger partial charge >= 0.3 is 0 Å².